The highest BCUT2D eigenvalue weighted by Gasteiger charge is 2.30. The molecule has 2 heterocycles. The summed E-state index contributed by atoms with van der Waals surface area (Å²) in [7, 11) is 0. The second-order valence-corrected chi connectivity index (χ2v) is 5.24. The minimum atomic E-state index is -4.49. The number of alkyl halides is 3. The average Bonchev–Trinajstić information content (AvgIpc) is 3.16. The van der Waals surface area contributed by atoms with Gasteiger partial charge in [0.05, 0.1) is 11.8 Å². The van der Waals surface area contributed by atoms with Crippen molar-refractivity contribution in [2.45, 2.75) is 6.18 Å². The number of benzene rings is 1. The first-order chi connectivity index (χ1) is 12.8. The summed E-state index contributed by atoms with van der Waals surface area (Å²) in [5, 5.41) is 0. The Labute approximate surface area is 150 Å². The first kappa shape index (κ1) is 18.1. The van der Waals surface area contributed by atoms with E-state index in [0.29, 0.717) is 0 Å². The zero-order valence-corrected chi connectivity index (χ0v) is 13.4. The maximum absolute atomic E-state index is 12.8. The van der Waals surface area contributed by atoms with Gasteiger partial charge < -0.3 is 4.42 Å². The highest BCUT2D eigenvalue weighted by Crippen LogP contribution is 2.32. The number of hydrogen-bond acceptors (Lipinski definition) is 5. The Bertz CT molecular complexity index is 971. The van der Waals surface area contributed by atoms with Gasteiger partial charge in [-0.15, -0.1) is 0 Å². The van der Waals surface area contributed by atoms with Gasteiger partial charge in [-0.05, 0) is 24.3 Å². The molecule has 2 aromatic heterocycles. The Hall–Kier alpha value is -3.69. The molecule has 0 atom stereocenters. The molecule has 0 aliphatic carbocycles. The van der Waals surface area contributed by atoms with Gasteiger partial charge in [-0.25, -0.2) is 4.98 Å². The third-order valence-corrected chi connectivity index (χ3v) is 3.39. The summed E-state index contributed by atoms with van der Waals surface area (Å²) in [6, 6.07) is 7.14. The predicted molar refractivity (Wildman–Crippen MR) is 86.1 cm³/mol. The molecule has 0 saturated heterocycles. The number of nitrogens with one attached hydrogen (secondary N) is 2. The molecule has 0 unspecified atom stereocenters. The lowest BCUT2D eigenvalue weighted by atomic mass is 10.1. The van der Waals surface area contributed by atoms with E-state index in [0.717, 1.165) is 12.1 Å². The number of nitrogens with zero attached hydrogens (tertiary/aromatic N) is 2. The Balaban J connectivity index is 1.69. The zero-order chi connectivity index (χ0) is 19.4. The number of aromatic nitrogens is 2. The third kappa shape index (κ3) is 4.29. The fourth-order valence-corrected chi connectivity index (χ4v) is 2.12. The number of furan rings is 1. The van der Waals surface area contributed by atoms with Gasteiger partial charge in [0, 0.05) is 18.0 Å². The summed E-state index contributed by atoms with van der Waals surface area (Å²) in [4.78, 5) is 31.3. The van der Waals surface area contributed by atoms with Crippen LogP contribution in [0.2, 0.25) is 0 Å². The largest absolute Gasteiger partial charge is 0.451 e. The minimum Gasteiger partial charge on any atom is -0.451 e. The van der Waals surface area contributed by atoms with Crippen molar-refractivity contribution >= 4 is 11.8 Å². The van der Waals surface area contributed by atoms with Crippen molar-refractivity contribution in [2.24, 2.45) is 0 Å². The van der Waals surface area contributed by atoms with Crippen LogP contribution in [0.4, 0.5) is 13.2 Å². The van der Waals surface area contributed by atoms with E-state index in [4.69, 9.17) is 4.42 Å². The molecule has 2 N–H and O–H groups in total. The monoisotopic (exact) mass is 376 g/mol. The molecule has 3 rings (SSSR count). The summed E-state index contributed by atoms with van der Waals surface area (Å²) in [5.74, 6) is -1.60. The van der Waals surface area contributed by atoms with Gasteiger partial charge in [0.2, 0.25) is 0 Å². The third-order valence-electron chi connectivity index (χ3n) is 3.39. The Morgan fingerprint density at radius 3 is 2.48 bits per heavy atom. The first-order valence-corrected chi connectivity index (χ1v) is 7.49. The summed E-state index contributed by atoms with van der Waals surface area (Å²) in [6.45, 7) is 0. The van der Waals surface area contributed by atoms with Crippen LogP contribution in [-0.2, 0) is 6.18 Å². The highest BCUT2D eigenvalue weighted by atomic mass is 19.4. The number of carbonyl (C=O) groups is 2. The predicted octanol–water partition coefficient (Wildman–Crippen LogP) is 2.83. The molecular weight excluding hydrogens is 365 g/mol. The molecule has 0 aliphatic rings. The summed E-state index contributed by atoms with van der Waals surface area (Å²) in [6.07, 6.45) is -0.592. The molecule has 10 heteroatoms. The average molecular weight is 376 g/mol. The van der Waals surface area contributed by atoms with Crippen LogP contribution in [0, 0.1) is 0 Å². The Morgan fingerprint density at radius 2 is 1.78 bits per heavy atom. The summed E-state index contributed by atoms with van der Waals surface area (Å²) >= 11 is 0. The van der Waals surface area contributed by atoms with Gasteiger partial charge in [0.1, 0.15) is 11.5 Å². The van der Waals surface area contributed by atoms with Crippen molar-refractivity contribution in [3.05, 3.63) is 72.0 Å². The number of hydrogen-bond donors (Lipinski definition) is 2. The molecule has 2 amide bonds. The Kier molecular flexibility index (Phi) is 4.88. The van der Waals surface area contributed by atoms with Gasteiger partial charge in [0.15, 0.2) is 5.76 Å². The van der Waals surface area contributed by atoms with Crippen LogP contribution in [0.5, 0.6) is 0 Å². The van der Waals surface area contributed by atoms with Crippen LogP contribution in [0.1, 0.15) is 26.6 Å². The van der Waals surface area contributed by atoms with Gasteiger partial charge in [-0.1, -0.05) is 12.1 Å². The lowest BCUT2D eigenvalue weighted by molar-refractivity contribution is -0.137. The summed E-state index contributed by atoms with van der Waals surface area (Å²) < 4.78 is 43.6. The second-order valence-electron chi connectivity index (χ2n) is 5.24. The molecule has 0 spiro atoms. The van der Waals surface area contributed by atoms with Crippen LogP contribution in [0.25, 0.3) is 11.3 Å². The Morgan fingerprint density at radius 1 is 1.00 bits per heavy atom. The van der Waals surface area contributed by atoms with Crippen LogP contribution in [0.15, 0.2) is 59.4 Å². The molecule has 27 heavy (non-hydrogen) atoms. The smallest absolute Gasteiger partial charge is 0.416 e. The van der Waals surface area contributed by atoms with Crippen molar-refractivity contribution in [1.29, 1.82) is 0 Å². The van der Waals surface area contributed by atoms with Crippen molar-refractivity contribution < 1.29 is 27.2 Å². The number of rotatable bonds is 3. The number of halogens is 3. The van der Waals surface area contributed by atoms with E-state index in [2.05, 4.69) is 20.8 Å². The van der Waals surface area contributed by atoms with Gasteiger partial charge in [0.25, 0.3) is 5.91 Å². The van der Waals surface area contributed by atoms with E-state index in [1.165, 1.54) is 42.9 Å². The lowest BCUT2D eigenvalue weighted by Gasteiger charge is -2.07. The number of amides is 2. The minimum absolute atomic E-state index is 0.0121. The molecule has 7 nitrogen and oxygen atoms in total. The maximum Gasteiger partial charge on any atom is 0.416 e. The molecule has 0 saturated carbocycles. The van der Waals surface area contributed by atoms with E-state index in [9.17, 15) is 22.8 Å². The maximum atomic E-state index is 12.8. The molecule has 1 aromatic carbocycles. The molecule has 138 valence electrons. The second kappa shape index (κ2) is 7.28. The molecule has 0 aliphatic heterocycles. The molecule has 0 radical (unpaired) electrons. The molecule has 0 fully saturated rings. The van der Waals surface area contributed by atoms with Crippen molar-refractivity contribution in [3.63, 3.8) is 0 Å². The van der Waals surface area contributed by atoms with Crippen LogP contribution < -0.4 is 10.9 Å². The van der Waals surface area contributed by atoms with Crippen molar-refractivity contribution in [1.82, 2.24) is 20.8 Å². The topological polar surface area (TPSA) is 97.1 Å². The van der Waals surface area contributed by atoms with E-state index >= 15 is 0 Å². The SMILES string of the molecule is O=C(NNC(=O)c1ccc(-c2cccc(C(F)(F)F)c2)o1)c1cnccn1. The van der Waals surface area contributed by atoms with Crippen molar-refractivity contribution in [3.8, 4) is 11.3 Å². The first-order valence-electron chi connectivity index (χ1n) is 7.49. The highest BCUT2D eigenvalue weighted by molar-refractivity contribution is 5.97. The standard InChI is InChI=1S/C17H11F3N4O3/c18-17(19,20)11-3-1-2-10(8-11)13-4-5-14(27-13)16(26)24-23-15(25)12-9-21-6-7-22-12/h1-9H,(H,23,25)(H,24,26). The van der Waals surface area contributed by atoms with Gasteiger partial charge in [-0.2, -0.15) is 13.2 Å². The van der Waals surface area contributed by atoms with Gasteiger partial charge >= 0.3 is 12.1 Å². The van der Waals surface area contributed by atoms with Crippen LogP contribution >= 0.6 is 0 Å². The van der Waals surface area contributed by atoms with E-state index in [1.54, 1.807) is 0 Å². The number of hydrazine groups is 1. The summed E-state index contributed by atoms with van der Waals surface area (Å²) in [5.41, 5.74) is 3.56. The van der Waals surface area contributed by atoms with E-state index in [-0.39, 0.29) is 22.8 Å². The van der Waals surface area contributed by atoms with Crippen molar-refractivity contribution in [2.75, 3.05) is 0 Å². The number of carbonyl (C=O) groups excluding carboxylic acids is 2. The van der Waals surface area contributed by atoms with Gasteiger partial charge in [-0.3, -0.25) is 25.4 Å². The van der Waals surface area contributed by atoms with Crippen LogP contribution in [0.3, 0.4) is 0 Å². The zero-order valence-electron chi connectivity index (χ0n) is 13.4. The fraction of sp³-hybridized carbons (Fsp3) is 0.0588. The molecule has 3 aromatic rings. The van der Waals surface area contributed by atoms with E-state index < -0.39 is 23.6 Å². The fourth-order valence-electron chi connectivity index (χ4n) is 2.12. The quantitative estimate of drug-likeness (QED) is 0.685. The molecule has 0 bridgehead atoms. The van der Waals surface area contributed by atoms with E-state index in [1.807, 2.05) is 0 Å². The van der Waals surface area contributed by atoms with Crippen LogP contribution in [-0.4, -0.2) is 21.8 Å². The lowest BCUT2D eigenvalue weighted by Crippen LogP contribution is -2.41. The normalized spacial score (nSPS) is 11.1. The molecular formula is C17H11F3N4O3.